The van der Waals surface area contributed by atoms with Crippen LogP contribution >= 0.6 is 0 Å². The maximum absolute atomic E-state index is 2.50. The lowest BCUT2D eigenvalue weighted by Gasteiger charge is -2.14. The van der Waals surface area contributed by atoms with Crippen LogP contribution in [-0.4, -0.2) is 9.13 Å². The molecule has 0 atom stereocenters. The molecule has 0 saturated carbocycles. The van der Waals surface area contributed by atoms with Crippen LogP contribution in [0.5, 0.6) is 0 Å². The first-order valence-electron chi connectivity index (χ1n) is 18.6. The van der Waals surface area contributed by atoms with E-state index in [1.54, 1.807) is 0 Å². The van der Waals surface area contributed by atoms with Gasteiger partial charge in [-0.3, -0.25) is 0 Å². The van der Waals surface area contributed by atoms with Crippen molar-refractivity contribution in [3.63, 3.8) is 0 Å². The van der Waals surface area contributed by atoms with E-state index in [-0.39, 0.29) is 0 Å². The van der Waals surface area contributed by atoms with E-state index < -0.39 is 0 Å². The Labute approximate surface area is 313 Å². The fourth-order valence-electron chi connectivity index (χ4n) is 8.62. The Morgan fingerprint density at radius 1 is 0.278 bits per heavy atom. The maximum Gasteiger partial charge on any atom is 0.0641 e. The SMILES string of the molecule is c1ccc(-c2ccc(-c3ccc(-n4c5ccccc5c5c4ccc4c6ccccc6n(-c6cc(-c7ccccc7)c7ccccc7c6)c45)cc3)cc2)cc1. The monoisotopic (exact) mass is 686 g/mol. The molecule has 0 fully saturated rings. The highest BCUT2D eigenvalue weighted by Crippen LogP contribution is 2.43. The van der Waals surface area contributed by atoms with Gasteiger partial charge in [0.2, 0.25) is 0 Å². The Morgan fingerprint density at radius 2 is 0.796 bits per heavy atom. The van der Waals surface area contributed by atoms with Crippen molar-refractivity contribution in [3.05, 3.63) is 206 Å². The number of hydrogen-bond acceptors (Lipinski definition) is 0. The summed E-state index contributed by atoms with van der Waals surface area (Å²) < 4.78 is 4.94. The molecule has 54 heavy (non-hydrogen) atoms. The highest BCUT2D eigenvalue weighted by atomic mass is 15.0. The summed E-state index contributed by atoms with van der Waals surface area (Å²) in [5, 5.41) is 7.49. The molecule has 0 spiro atoms. The molecule has 0 aliphatic carbocycles. The molecular formula is C52H34N2. The van der Waals surface area contributed by atoms with Crippen LogP contribution in [0.15, 0.2) is 206 Å². The van der Waals surface area contributed by atoms with Gasteiger partial charge in [0.05, 0.1) is 22.1 Å². The third-order valence-corrected chi connectivity index (χ3v) is 11.1. The molecule has 11 aromatic rings. The average molecular weight is 687 g/mol. The molecule has 2 heterocycles. The van der Waals surface area contributed by atoms with Gasteiger partial charge in [0.25, 0.3) is 0 Å². The maximum atomic E-state index is 2.50. The average Bonchev–Trinajstić information content (AvgIpc) is 3.77. The van der Waals surface area contributed by atoms with Gasteiger partial charge < -0.3 is 9.13 Å². The number of hydrogen-bond donors (Lipinski definition) is 0. The summed E-state index contributed by atoms with van der Waals surface area (Å²) in [7, 11) is 0. The molecule has 2 nitrogen and oxygen atoms in total. The molecule has 0 aliphatic heterocycles. The van der Waals surface area contributed by atoms with Gasteiger partial charge in [0, 0.05) is 32.9 Å². The molecule has 9 aromatic carbocycles. The van der Waals surface area contributed by atoms with Crippen LogP contribution in [0.25, 0.3) is 99.1 Å². The second-order valence-electron chi connectivity index (χ2n) is 14.1. The Balaban J connectivity index is 1.13. The molecule has 2 heteroatoms. The molecule has 2 aromatic heterocycles. The van der Waals surface area contributed by atoms with Gasteiger partial charge >= 0.3 is 0 Å². The van der Waals surface area contributed by atoms with E-state index in [9.17, 15) is 0 Å². The van der Waals surface area contributed by atoms with E-state index in [2.05, 4.69) is 215 Å². The van der Waals surface area contributed by atoms with Crippen LogP contribution in [0.2, 0.25) is 0 Å². The minimum Gasteiger partial charge on any atom is -0.309 e. The predicted molar refractivity (Wildman–Crippen MR) is 229 cm³/mol. The van der Waals surface area contributed by atoms with Crippen LogP contribution in [0, 0.1) is 0 Å². The number of benzene rings is 9. The first-order valence-corrected chi connectivity index (χ1v) is 18.6. The molecule has 0 N–H and O–H groups in total. The first-order chi connectivity index (χ1) is 26.8. The zero-order valence-electron chi connectivity index (χ0n) is 29.5. The zero-order chi connectivity index (χ0) is 35.6. The fourth-order valence-corrected chi connectivity index (χ4v) is 8.62. The van der Waals surface area contributed by atoms with Gasteiger partial charge in [-0.2, -0.15) is 0 Å². The van der Waals surface area contributed by atoms with Crippen molar-refractivity contribution in [1.29, 1.82) is 0 Å². The van der Waals surface area contributed by atoms with E-state index in [4.69, 9.17) is 0 Å². The number of rotatable bonds is 5. The second kappa shape index (κ2) is 12.2. The molecule has 0 aliphatic rings. The minimum atomic E-state index is 1.14. The van der Waals surface area contributed by atoms with Crippen molar-refractivity contribution in [1.82, 2.24) is 9.13 Å². The number of para-hydroxylation sites is 2. The summed E-state index contributed by atoms with van der Waals surface area (Å²) in [6.45, 7) is 0. The van der Waals surface area contributed by atoms with Gasteiger partial charge in [-0.15, -0.1) is 0 Å². The van der Waals surface area contributed by atoms with Crippen molar-refractivity contribution in [2.75, 3.05) is 0 Å². The third-order valence-electron chi connectivity index (χ3n) is 11.1. The highest BCUT2D eigenvalue weighted by molar-refractivity contribution is 6.26. The van der Waals surface area contributed by atoms with Crippen molar-refractivity contribution in [3.8, 4) is 44.8 Å². The van der Waals surface area contributed by atoms with Crippen molar-refractivity contribution in [2.24, 2.45) is 0 Å². The van der Waals surface area contributed by atoms with Crippen LogP contribution in [0.3, 0.4) is 0 Å². The Kier molecular flexibility index (Phi) is 6.90. The Morgan fingerprint density at radius 3 is 1.48 bits per heavy atom. The lowest BCUT2D eigenvalue weighted by atomic mass is 9.97. The van der Waals surface area contributed by atoms with Gasteiger partial charge in [-0.25, -0.2) is 0 Å². The lowest BCUT2D eigenvalue weighted by molar-refractivity contribution is 1.18. The normalized spacial score (nSPS) is 11.7. The minimum absolute atomic E-state index is 1.14. The fraction of sp³-hybridized carbons (Fsp3) is 0. The van der Waals surface area contributed by atoms with Crippen LogP contribution in [-0.2, 0) is 0 Å². The smallest absolute Gasteiger partial charge is 0.0641 e. The number of aromatic nitrogens is 2. The zero-order valence-corrected chi connectivity index (χ0v) is 29.5. The van der Waals surface area contributed by atoms with E-state index in [0.29, 0.717) is 0 Å². The van der Waals surface area contributed by atoms with Gasteiger partial charge in [-0.1, -0.05) is 164 Å². The van der Waals surface area contributed by atoms with E-state index in [1.807, 2.05) is 0 Å². The molecule has 0 amide bonds. The summed E-state index contributed by atoms with van der Waals surface area (Å²) in [6, 6.07) is 75.1. The molecule has 0 unspecified atom stereocenters. The summed E-state index contributed by atoms with van der Waals surface area (Å²) in [5.74, 6) is 0. The van der Waals surface area contributed by atoms with Crippen LogP contribution in [0.1, 0.15) is 0 Å². The quantitative estimate of drug-likeness (QED) is 0.171. The van der Waals surface area contributed by atoms with E-state index in [0.717, 1.165) is 11.4 Å². The molecular weight excluding hydrogens is 653 g/mol. The summed E-state index contributed by atoms with van der Waals surface area (Å²) >= 11 is 0. The number of fused-ring (bicyclic) bond motifs is 8. The first kappa shape index (κ1) is 30.5. The largest absolute Gasteiger partial charge is 0.309 e. The molecule has 0 radical (unpaired) electrons. The second-order valence-corrected chi connectivity index (χ2v) is 14.1. The molecule has 0 bridgehead atoms. The van der Waals surface area contributed by atoms with Crippen LogP contribution in [0.4, 0.5) is 0 Å². The van der Waals surface area contributed by atoms with Crippen molar-refractivity contribution in [2.45, 2.75) is 0 Å². The van der Waals surface area contributed by atoms with Gasteiger partial charge in [0.1, 0.15) is 0 Å². The summed E-state index contributed by atoms with van der Waals surface area (Å²) in [5.41, 5.74) is 14.4. The van der Waals surface area contributed by atoms with E-state index in [1.165, 1.54) is 87.8 Å². The number of nitrogens with zero attached hydrogens (tertiary/aromatic N) is 2. The van der Waals surface area contributed by atoms with Gasteiger partial charge in [-0.05, 0) is 86.6 Å². The standard InChI is InChI=1S/C52H34N2/c1-3-13-35(14-4-1)36-23-25-37(26-24-36)38-27-29-41(30-28-38)53-49-22-12-10-20-46(49)51-50(53)32-31-45-44-19-9-11-21-48(44)54(52(45)51)42-33-40-17-7-8-18-43(40)47(34-42)39-15-5-2-6-16-39/h1-34H. The van der Waals surface area contributed by atoms with Crippen LogP contribution < -0.4 is 0 Å². The topological polar surface area (TPSA) is 9.86 Å². The van der Waals surface area contributed by atoms with Crippen molar-refractivity contribution >= 4 is 54.4 Å². The Hall–Kier alpha value is -7.16. The lowest BCUT2D eigenvalue weighted by Crippen LogP contribution is -1.97. The van der Waals surface area contributed by atoms with Gasteiger partial charge in [0.15, 0.2) is 0 Å². The predicted octanol–water partition coefficient (Wildman–Crippen LogP) is 14.0. The molecule has 11 rings (SSSR count). The third kappa shape index (κ3) is 4.74. The highest BCUT2D eigenvalue weighted by Gasteiger charge is 2.21. The molecule has 0 saturated heterocycles. The Bertz CT molecular complexity index is 3170. The summed E-state index contributed by atoms with van der Waals surface area (Å²) in [6.07, 6.45) is 0. The van der Waals surface area contributed by atoms with Crippen molar-refractivity contribution < 1.29 is 0 Å². The summed E-state index contributed by atoms with van der Waals surface area (Å²) in [4.78, 5) is 0. The van der Waals surface area contributed by atoms with E-state index >= 15 is 0 Å². The molecule has 252 valence electrons.